The van der Waals surface area contributed by atoms with E-state index < -0.39 is 21.8 Å². The summed E-state index contributed by atoms with van der Waals surface area (Å²) in [7, 11) is -2.09. The van der Waals surface area contributed by atoms with E-state index in [2.05, 4.69) is 10.1 Å². The molecule has 5 aromatic rings. The molecular weight excluding hydrogens is 503 g/mol. The van der Waals surface area contributed by atoms with E-state index in [1.54, 1.807) is 59.2 Å². The molecule has 1 fully saturated rings. The molecule has 190 valence electrons. The third kappa shape index (κ3) is 3.89. The second kappa shape index (κ2) is 8.42. The molecular formula is C26H22F3N5O2S. The Balaban J connectivity index is 1.47. The van der Waals surface area contributed by atoms with Gasteiger partial charge in [0.25, 0.3) is 0 Å². The number of nitrogens with zero attached hydrogens (tertiary/aromatic N) is 5. The maximum absolute atomic E-state index is 13.8. The number of benzene rings is 2. The highest BCUT2D eigenvalue weighted by Crippen LogP contribution is 2.39. The smallest absolute Gasteiger partial charge is 0.306 e. The SMILES string of the molecule is Cn1cc2c(n1)c1cc(S(=O)(=O)N3CCC[C@H]3c3cccnc3)ccc1n2-c1ccc(C(F)(F)F)cc1. The maximum Gasteiger partial charge on any atom is 0.416 e. The van der Waals surface area contributed by atoms with E-state index in [-0.39, 0.29) is 10.9 Å². The van der Waals surface area contributed by atoms with Crippen LogP contribution in [0.5, 0.6) is 0 Å². The molecule has 0 spiro atoms. The van der Waals surface area contributed by atoms with Gasteiger partial charge in [-0.25, -0.2) is 8.42 Å². The zero-order valence-electron chi connectivity index (χ0n) is 19.7. The lowest BCUT2D eigenvalue weighted by atomic mass is 10.1. The molecule has 0 radical (unpaired) electrons. The van der Waals surface area contributed by atoms with Crippen molar-refractivity contribution < 1.29 is 21.6 Å². The summed E-state index contributed by atoms with van der Waals surface area (Å²) in [6.07, 6.45) is 2.14. The Kier molecular flexibility index (Phi) is 5.39. The average molecular weight is 526 g/mol. The standard InChI is InChI=1S/C26H22F3N5O2S/c1-32-16-24-25(31-32)21-14-20(37(35,36)33-13-3-5-22(33)17-4-2-12-30-15-17)10-11-23(21)34(24)19-8-6-18(7-9-19)26(27,28)29/h2,4,6-12,14-16,22H,3,5,13H2,1H3/t22-/m0/s1. The summed E-state index contributed by atoms with van der Waals surface area (Å²) in [5, 5.41) is 5.13. The molecule has 1 aliphatic rings. The van der Waals surface area contributed by atoms with Crippen molar-refractivity contribution in [2.75, 3.05) is 6.54 Å². The van der Waals surface area contributed by atoms with Crippen molar-refractivity contribution in [1.82, 2.24) is 23.6 Å². The van der Waals surface area contributed by atoms with E-state index in [1.807, 2.05) is 6.07 Å². The number of sulfonamides is 1. The van der Waals surface area contributed by atoms with Gasteiger partial charge in [-0.15, -0.1) is 0 Å². The minimum Gasteiger partial charge on any atom is -0.306 e. The largest absolute Gasteiger partial charge is 0.416 e. The third-order valence-corrected chi connectivity index (χ3v) is 8.75. The number of rotatable bonds is 4. The fourth-order valence-electron chi connectivity index (χ4n) is 5.17. The van der Waals surface area contributed by atoms with Crippen LogP contribution in [0.3, 0.4) is 0 Å². The van der Waals surface area contributed by atoms with E-state index in [9.17, 15) is 21.6 Å². The Morgan fingerprint density at radius 3 is 2.51 bits per heavy atom. The Morgan fingerprint density at radius 1 is 1.03 bits per heavy atom. The Bertz CT molecular complexity index is 1730. The summed E-state index contributed by atoms with van der Waals surface area (Å²) < 4.78 is 71.8. The third-order valence-electron chi connectivity index (χ3n) is 6.85. The van der Waals surface area contributed by atoms with Crippen LogP contribution in [0.1, 0.15) is 30.0 Å². The van der Waals surface area contributed by atoms with Gasteiger partial charge in [-0.2, -0.15) is 22.6 Å². The van der Waals surface area contributed by atoms with E-state index in [0.29, 0.717) is 40.6 Å². The summed E-state index contributed by atoms with van der Waals surface area (Å²) in [5.41, 5.74) is 2.53. The Hall–Kier alpha value is -3.70. The quantitative estimate of drug-likeness (QED) is 0.313. The summed E-state index contributed by atoms with van der Waals surface area (Å²) in [5.74, 6) is 0. The van der Waals surface area contributed by atoms with Gasteiger partial charge in [0.05, 0.1) is 27.5 Å². The molecule has 4 heterocycles. The molecule has 0 amide bonds. The monoisotopic (exact) mass is 525 g/mol. The summed E-state index contributed by atoms with van der Waals surface area (Å²) in [6, 6.07) is 13.1. The first kappa shape index (κ1) is 23.7. The van der Waals surface area contributed by atoms with Crippen LogP contribution in [0.15, 0.2) is 78.1 Å². The highest BCUT2D eigenvalue weighted by molar-refractivity contribution is 7.89. The second-order valence-corrected chi connectivity index (χ2v) is 11.0. The maximum atomic E-state index is 13.8. The first-order valence-electron chi connectivity index (χ1n) is 11.7. The highest BCUT2D eigenvalue weighted by atomic mass is 32.2. The normalized spacial score (nSPS) is 17.2. The van der Waals surface area contributed by atoms with Crippen LogP contribution in [0.2, 0.25) is 0 Å². The minimum atomic E-state index is -4.44. The molecule has 0 unspecified atom stereocenters. The van der Waals surface area contributed by atoms with Crippen LogP contribution in [-0.4, -0.2) is 38.6 Å². The van der Waals surface area contributed by atoms with Crippen molar-refractivity contribution in [3.05, 3.63) is 84.3 Å². The molecule has 6 rings (SSSR count). The zero-order valence-corrected chi connectivity index (χ0v) is 20.5. The molecule has 1 saturated heterocycles. The van der Waals surface area contributed by atoms with Gasteiger partial charge < -0.3 is 4.57 Å². The average Bonchev–Trinajstić information content (AvgIpc) is 3.58. The molecule has 1 atom stereocenters. The van der Waals surface area contributed by atoms with Gasteiger partial charge in [0.2, 0.25) is 10.0 Å². The van der Waals surface area contributed by atoms with E-state index in [4.69, 9.17) is 0 Å². The van der Waals surface area contributed by atoms with Crippen LogP contribution in [0.4, 0.5) is 13.2 Å². The topological polar surface area (TPSA) is 73.0 Å². The fraction of sp³-hybridized carbons (Fsp3) is 0.231. The van der Waals surface area contributed by atoms with Crippen LogP contribution < -0.4 is 0 Å². The summed E-state index contributed by atoms with van der Waals surface area (Å²) >= 11 is 0. The molecule has 2 aromatic carbocycles. The lowest BCUT2D eigenvalue weighted by Crippen LogP contribution is -2.30. The van der Waals surface area contributed by atoms with Gasteiger partial charge in [0.15, 0.2) is 0 Å². The molecule has 0 N–H and O–H groups in total. The lowest BCUT2D eigenvalue weighted by molar-refractivity contribution is -0.137. The molecule has 37 heavy (non-hydrogen) atoms. The number of pyridine rings is 1. The molecule has 7 nitrogen and oxygen atoms in total. The van der Waals surface area contributed by atoms with E-state index >= 15 is 0 Å². The molecule has 1 aliphatic heterocycles. The van der Waals surface area contributed by atoms with Crippen molar-refractivity contribution in [3.8, 4) is 5.69 Å². The van der Waals surface area contributed by atoms with Crippen LogP contribution >= 0.6 is 0 Å². The number of hydrogen-bond donors (Lipinski definition) is 0. The number of aromatic nitrogens is 4. The second-order valence-electron chi connectivity index (χ2n) is 9.16. The number of halogens is 3. The Morgan fingerprint density at radius 2 is 1.81 bits per heavy atom. The van der Waals surface area contributed by atoms with Crippen LogP contribution in [0, 0.1) is 0 Å². The van der Waals surface area contributed by atoms with Gasteiger partial charge in [-0.1, -0.05) is 6.07 Å². The van der Waals surface area contributed by atoms with Gasteiger partial charge in [-0.3, -0.25) is 9.67 Å². The van der Waals surface area contributed by atoms with Gasteiger partial charge in [0.1, 0.15) is 5.52 Å². The predicted octanol–water partition coefficient (Wildman–Crippen LogP) is 5.46. The summed E-state index contributed by atoms with van der Waals surface area (Å²) in [6.45, 7) is 0.408. The van der Waals surface area contributed by atoms with Crippen molar-refractivity contribution in [3.63, 3.8) is 0 Å². The predicted molar refractivity (Wildman–Crippen MR) is 133 cm³/mol. The molecule has 11 heteroatoms. The first-order valence-corrected chi connectivity index (χ1v) is 13.2. The van der Waals surface area contributed by atoms with Gasteiger partial charge >= 0.3 is 6.18 Å². The molecule has 3 aromatic heterocycles. The van der Waals surface area contributed by atoms with Crippen molar-refractivity contribution in [1.29, 1.82) is 0 Å². The van der Waals surface area contributed by atoms with Crippen molar-refractivity contribution in [2.45, 2.75) is 30.0 Å². The fourth-order valence-corrected chi connectivity index (χ4v) is 6.88. The Labute approximate surface area is 210 Å². The number of aryl methyl sites for hydroxylation is 1. The first-order chi connectivity index (χ1) is 17.6. The minimum absolute atomic E-state index is 0.146. The molecule has 0 bridgehead atoms. The summed E-state index contributed by atoms with van der Waals surface area (Å²) in [4.78, 5) is 4.30. The van der Waals surface area contributed by atoms with Gasteiger partial charge in [-0.05, 0) is 66.9 Å². The molecule has 0 aliphatic carbocycles. The van der Waals surface area contributed by atoms with E-state index in [1.165, 1.54) is 16.4 Å². The number of fused-ring (bicyclic) bond motifs is 3. The van der Waals surface area contributed by atoms with Gasteiger partial charge in [0, 0.05) is 43.3 Å². The number of hydrogen-bond acceptors (Lipinski definition) is 4. The van der Waals surface area contributed by atoms with E-state index in [0.717, 1.165) is 24.1 Å². The van der Waals surface area contributed by atoms with Crippen molar-refractivity contribution >= 4 is 32.0 Å². The van der Waals surface area contributed by atoms with Crippen LogP contribution in [0.25, 0.3) is 27.6 Å². The zero-order chi connectivity index (χ0) is 25.9. The van der Waals surface area contributed by atoms with Crippen molar-refractivity contribution in [2.24, 2.45) is 7.05 Å². The van der Waals surface area contributed by atoms with Crippen LogP contribution in [-0.2, 0) is 23.2 Å². The lowest BCUT2D eigenvalue weighted by Gasteiger charge is -2.24. The highest BCUT2D eigenvalue weighted by Gasteiger charge is 2.37. The number of alkyl halides is 3. The molecule has 0 saturated carbocycles.